The number of carbonyl (C=O) groups is 1. The van der Waals surface area contributed by atoms with Gasteiger partial charge in [-0.1, -0.05) is 44.7 Å². The van der Waals surface area contributed by atoms with Crippen LogP contribution < -0.4 is 4.74 Å². The first-order valence-electron chi connectivity index (χ1n) is 8.72. The number of aryl methyl sites for hydroxylation is 1. The lowest BCUT2D eigenvalue weighted by Crippen LogP contribution is -1.92. The monoisotopic (exact) mass is 318 g/mol. The van der Waals surface area contributed by atoms with E-state index in [9.17, 15) is 9.90 Å². The molecule has 1 rings (SSSR count). The van der Waals surface area contributed by atoms with Crippen LogP contribution in [0.4, 0.5) is 0 Å². The Hall–Kier alpha value is -1.77. The number of allylic oxidation sites excluding steroid dienone is 2. The van der Waals surface area contributed by atoms with Crippen molar-refractivity contribution in [3.05, 3.63) is 35.9 Å². The zero-order valence-electron chi connectivity index (χ0n) is 14.5. The van der Waals surface area contributed by atoms with E-state index in [1.165, 1.54) is 19.3 Å². The molecule has 0 amide bonds. The third-order valence-electron chi connectivity index (χ3n) is 3.91. The maximum atomic E-state index is 11.7. The van der Waals surface area contributed by atoms with Crippen molar-refractivity contribution in [2.75, 3.05) is 7.11 Å². The van der Waals surface area contributed by atoms with Gasteiger partial charge in [0.05, 0.1) is 7.11 Å². The molecule has 0 heterocycles. The van der Waals surface area contributed by atoms with Gasteiger partial charge >= 0.3 is 0 Å². The van der Waals surface area contributed by atoms with Gasteiger partial charge in [0.15, 0.2) is 17.3 Å². The van der Waals surface area contributed by atoms with Gasteiger partial charge in [0.2, 0.25) is 0 Å². The average molecular weight is 318 g/mol. The van der Waals surface area contributed by atoms with Crippen molar-refractivity contribution in [2.24, 2.45) is 0 Å². The molecule has 0 unspecified atom stereocenters. The Morgan fingerprint density at radius 2 is 1.96 bits per heavy atom. The summed E-state index contributed by atoms with van der Waals surface area (Å²) in [7, 11) is 1.55. The summed E-state index contributed by atoms with van der Waals surface area (Å²) in [5.74, 6) is 0.921. The summed E-state index contributed by atoms with van der Waals surface area (Å²) in [6.07, 6.45) is 13.1. The number of benzene rings is 1. The van der Waals surface area contributed by atoms with E-state index >= 15 is 0 Å². The summed E-state index contributed by atoms with van der Waals surface area (Å²) in [4.78, 5) is 11.7. The zero-order chi connectivity index (χ0) is 16.9. The van der Waals surface area contributed by atoms with E-state index in [-0.39, 0.29) is 11.5 Å². The van der Waals surface area contributed by atoms with E-state index in [0.29, 0.717) is 12.2 Å². The first kappa shape index (κ1) is 19.3. The molecule has 0 radical (unpaired) electrons. The van der Waals surface area contributed by atoms with E-state index in [2.05, 4.69) is 6.92 Å². The van der Waals surface area contributed by atoms with E-state index in [1.807, 2.05) is 18.2 Å². The van der Waals surface area contributed by atoms with Crippen LogP contribution >= 0.6 is 0 Å². The molecule has 0 spiro atoms. The normalized spacial score (nSPS) is 11.0. The number of ketones is 1. The van der Waals surface area contributed by atoms with Crippen LogP contribution in [-0.2, 0) is 11.2 Å². The summed E-state index contributed by atoms with van der Waals surface area (Å²) in [6.45, 7) is 2.20. The minimum absolute atomic E-state index is 0.167. The molecule has 3 heteroatoms. The van der Waals surface area contributed by atoms with Crippen LogP contribution in [0.5, 0.6) is 11.5 Å². The van der Waals surface area contributed by atoms with Crippen LogP contribution in [-0.4, -0.2) is 18.0 Å². The second kappa shape index (κ2) is 11.8. The third-order valence-corrected chi connectivity index (χ3v) is 3.91. The Morgan fingerprint density at radius 1 is 1.17 bits per heavy atom. The molecule has 0 aliphatic heterocycles. The quantitative estimate of drug-likeness (QED) is 0.425. The average Bonchev–Trinajstić information content (AvgIpc) is 2.55. The molecule has 1 aromatic carbocycles. The highest BCUT2D eigenvalue weighted by atomic mass is 16.5. The van der Waals surface area contributed by atoms with Crippen molar-refractivity contribution < 1.29 is 14.6 Å². The van der Waals surface area contributed by atoms with Crippen molar-refractivity contribution in [1.29, 1.82) is 0 Å². The molecule has 3 nitrogen and oxygen atoms in total. The number of methoxy groups -OCH3 is 1. The SMILES string of the molecule is CCCCCCCC(=O)C=CCCCc1ccc(O)c(OC)c1. The first-order chi connectivity index (χ1) is 11.2. The fourth-order valence-corrected chi connectivity index (χ4v) is 2.50. The molecule has 1 aromatic rings. The fraction of sp³-hybridized carbons (Fsp3) is 0.550. The molecule has 0 aliphatic carbocycles. The summed E-state index contributed by atoms with van der Waals surface area (Å²) in [5.41, 5.74) is 1.13. The van der Waals surface area contributed by atoms with Gasteiger partial charge in [-0.15, -0.1) is 0 Å². The maximum Gasteiger partial charge on any atom is 0.160 e. The number of ether oxygens (including phenoxy) is 1. The lowest BCUT2D eigenvalue weighted by atomic mass is 10.1. The van der Waals surface area contributed by atoms with Gasteiger partial charge in [0.1, 0.15) is 0 Å². The van der Waals surface area contributed by atoms with Gasteiger partial charge in [0, 0.05) is 6.42 Å². The van der Waals surface area contributed by atoms with E-state index in [1.54, 1.807) is 19.3 Å². The molecule has 128 valence electrons. The maximum absolute atomic E-state index is 11.7. The largest absolute Gasteiger partial charge is 0.504 e. The number of phenolic OH excluding ortho intramolecular Hbond substituents is 1. The predicted octanol–water partition coefficient (Wildman–Crippen LogP) is 5.21. The second-order valence-electron chi connectivity index (χ2n) is 5.93. The number of rotatable bonds is 12. The van der Waals surface area contributed by atoms with Gasteiger partial charge in [-0.2, -0.15) is 0 Å². The van der Waals surface area contributed by atoms with Gasteiger partial charge in [0.25, 0.3) is 0 Å². The van der Waals surface area contributed by atoms with Crippen molar-refractivity contribution in [2.45, 2.75) is 64.7 Å². The smallest absolute Gasteiger partial charge is 0.160 e. The number of phenols is 1. The van der Waals surface area contributed by atoms with Gasteiger partial charge in [-0.3, -0.25) is 4.79 Å². The molecule has 0 aliphatic rings. The molecule has 0 saturated heterocycles. The Kier molecular flexibility index (Phi) is 9.85. The zero-order valence-corrected chi connectivity index (χ0v) is 14.5. The van der Waals surface area contributed by atoms with E-state index in [0.717, 1.165) is 37.7 Å². The summed E-state index contributed by atoms with van der Waals surface area (Å²) >= 11 is 0. The van der Waals surface area contributed by atoms with Gasteiger partial charge in [-0.05, 0) is 49.5 Å². The van der Waals surface area contributed by atoms with Crippen molar-refractivity contribution in [1.82, 2.24) is 0 Å². The Labute approximate surface area is 140 Å². The molecule has 0 aromatic heterocycles. The van der Waals surface area contributed by atoms with Crippen LogP contribution in [0.3, 0.4) is 0 Å². The Morgan fingerprint density at radius 3 is 2.70 bits per heavy atom. The number of aromatic hydroxyl groups is 1. The number of hydrogen-bond acceptors (Lipinski definition) is 3. The highest BCUT2D eigenvalue weighted by Crippen LogP contribution is 2.26. The van der Waals surface area contributed by atoms with Gasteiger partial charge < -0.3 is 9.84 Å². The predicted molar refractivity (Wildman–Crippen MR) is 95.1 cm³/mol. The molecular weight excluding hydrogens is 288 g/mol. The number of hydrogen-bond donors (Lipinski definition) is 1. The lowest BCUT2D eigenvalue weighted by Gasteiger charge is -2.05. The highest BCUT2D eigenvalue weighted by Gasteiger charge is 2.02. The summed E-state index contributed by atoms with van der Waals surface area (Å²) in [5, 5.41) is 9.55. The van der Waals surface area contributed by atoms with Gasteiger partial charge in [-0.25, -0.2) is 0 Å². The topological polar surface area (TPSA) is 46.5 Å². The van der Waals surface area contributed by atoms with Crippen LogP contribution in [0.15, 0.2) is 30.4 Å². The minimum Gasteiger partial charge on any atom is -0.504 e. The first-order valence-corrected chi connectivity index (χ1v) is 8.72. The number of carbonyl (C=O) groups excluding carboxylic acids is 1. The summed E-state index contributed by atoms with van der Waals surface area (Å²) in [6, 6.07) is 5.43. The minimum atomic E-state index is 0.167. The number of unbranched alkanes of at least 4 members (excludes halogenated alkanes) is 5. The molecular formula is C20H30O3. The standard InChI is InChI=1S/C20H30O3/c1-3-4-5-6-9-12-18(21)13-10-7-8-11-17-14-15-19(22)20(16-17)23-2/h10,13-16,22H,3-9,11-12H2,1-2H3. The van der Waals surface area contributed by atoms with Crippen molar-refractivity contribution >= 4 is 5.78 Å². The van der Waals surface area contributed by atoms with Crippen LogP contribution in [0.2, 0.25) is 0 Å². The second-order valence-corrected chi connectivity index (χ2v) is 5.93. The third kappa shape index (κ3) is 8.44. The molecule has 0 fully saturated rings. The fourth-order valence-electron chi connectivity index (χ4n) is 2.50. The van der Waals surface area contributed by atoms with Crippen molar-refractivity contribution in [3.8, 4) is 11.5 Å². The molecule has 23 heavy (non-hydrogen) atoms. The molecule has 0 atom stereocenters. The highest BCUT2D eigenvalue weighted by molar-refractivity contribution is 5.89. The van der Waals surface area contributed by atoms with Crippen LogP contribution in [0.25, 0.3) is 0 Å². The Bertz CT molecular complexity index is 492. The molecule has 0 saturated carbocycles. The van der Waals surface area contributed by atoms with E-state index < -0.39 is 0 Å². The van der Waals surface area contributed by atoms with Crippen LogP contribution in [0, 0.1) is 0 Å². The van der Waals surface area contributed by atoms with Crippen LogP contribution in [0.1, 0.15) is 63.9 Å². The Balaban J connectivity index is 2.17. The summed E-state index contributed by atoms with van der Waals surface area (Å²) < 4.78 is 5.10. The lowest BCUT2D eigenvalue weighted by molar-refractivity contribution is -0.114. The van der Waals surface area contributed by atoms with Crippen molar-refractivity contribution in [3.63, 3.8) is 0 Å². The molecule has 0 bridgehead atoms. The van der Waals surface area contributed by atoms with E-state index in [4.69, 9.17) is 4.74 Å². The molecule has 1 N–H and O–H groups in total.